The highest BCUT2D eigenvalue weighted by atomic mass is 32.1. The van der Waals surface area contributed by atoms with Crippen molar-refractivity contribution in [3.05, 3.63) is 22.6 Å². The fourth-order valence-corrected chi connectivity index (χ4v) is 4.99. The number of aromatic nitrogens is 4. The van der Waals surface area contributed by atoms with Crippen molar-refractivity contribution in [2.45, 2.75) is 53.1 Å². The van der Waals surface area contributed by atoms with Crippen molar-refractivity contribution in [3.8, 4) is 0 Å². The number of aryl methyl sites for hydroxylation is 1. The van der Waals surface area contributed by atoms with Gasteiger partial charge in [0.2, 0.25) is 5.82 Å². The first-order chi connectivity index (χ1) is 12.7. The number of thiophene rings is 1. The molecule has 0 unspecified atom stereocenters. The molecular formula is C19H25N5O2S. The van der Waals surface area contributed by atoms with E-state index in [1.54, 1.807) is 29.1 Å². The third-order valence-corrected chi connectivity index (χ3v) is 6.53. The minimum absolute atomic E-state index is 0.105. The lowest BCUT2D eigenvalue weighted by atomic mass is 9.72. The number of fused-ring (bicyclic) bond motifs is 5. The van der Waals surface area contributed by atoms with E-state index in [0.717, 1.165) is 29.5 Å². The Bertz CT molecular complexity index is 1010. The third kappa shape index (κ3) is 3.32. The average molecular weight is 388 g/mol. The van der Waals surface area contributed by atoms with E-state index in [2.05, 4.69) is 41.2 Å². The van der Waals surface area contributed by atoms with Crippen LogP contribution in [0.25, 0.3) is 15.9 Å². The first-order valence-electron chi connectivity index (χ1n) is 9.36. The van der Waals surface area contributed by atoms with Crippen LogP contribution in [0, 0.1) is 11.3 Å². The smallest absolute Gasteiger partial charge is 0.291 e. The second kappa shape index (κ2) is 6.53. The zero-order valence-electron chi connectivity index (χ0n) is 16.1. The molecule has 3 aromatic rings. The normalized spacial score (nSPS) is 18.6. The summed E-state index contributed by atoms with van der Waals surface area (Å²) in [7, 11) is 0. The summed E-state index contributed by atoms with van der Waals surface area (Å²) in [5, 5.41) is 17.3. The molecule has 1 aliphatic carbocycles. The number of aliphatic hydroxyl groups excluding tert-OH is 1. The standard InChI is InChI=1S/C19H25N5O2S/c1-10(25)8-20-17(26)15-22-16-14-12-6-5-11(19(2,3)4)7-13(12)27-18(14)21-9-24(16)23-15/h9-11,25H,5-8H2,1-4H3,(H,20,26)/t10-,11+/m0/s1. The number of hydrogen-bond acceptors (Lipinski definition) is 6. The van der Waals surface area contributed by atoms with Gasteiger partial charge in [0.05, 0.1) is 11.5 Å². The average Bonchev–Trinajstić information content (AvgIpc) is 3.18. The van der Waals surface area contributed by atoms with Crippen LogP contribution < -0.4 is 5.32 Å². The molecule has 27 heavy (non-hydrogen) atoms. The van der Waals surface area contributed by atoms with Gasteiger partial charge in [-0.3, -0.25) is 4.79 Å². The Kier molecular flexibility index (Phi) is 4.43. The van der Waals surface area contributed by atoms with Gasteiger partial charge in [0.25, 0.3) is 5.91 Å². The van der Waals surface area contributed by atoms with Crippen molar-refractivity contribution in [1.29, 1.82) is 0 Å². The summed E-state index contributed by atoms with van der Waals surface area (Å²) in [4.78, 5) is 23.7. The Labute approximate surface area is 161 Å². The number of rotatable bonds is 3. The minimum Gasteiger partial charge on any atom is -0.392 e. The minimum atomic E-state index is -0.612. The number of amides is 1. The van der Waals surface area contributed by atoms with Crippen molar-refractivity contribution < 1.29 is 9.90 Å². The lowest BCUT2D eigenvalue weighted by Gasteiger charge is -2.33. The van der Waals surface area contributed by atoms with E-state index < -0.39 is 6.10 Å². The quantitative estimate of drug-likeness (QED) is 0.721. The molecule has 0 saturated carbocycles. The number of carbonyl (C=O) groups is 1. The van der Waals surface area contributed by atoms with Crippen molar-refractivity contribution in [2.75, 3.05) is 6.54 Å². The zero-order valence-corrected chi connectivity index (χ0v) is 16.9. The van der Waals surface area contributed by atoms with Gasteiger partial charge in [0.15, 0.2) is 5.65 Å². The van der Waals surface area contributed by atoms with E-state index >= 15 is 0 Å². The summed E-state index contributed by atoms with van der Waals surface area (Å²) in [6.45, 7) is 8.71. The van der Waals surface area contributed by atoms with Gasteiger partial charge in [-0.05, 0) is 43.1 Å². The summed E-state index contributed by atoms with van der Waals surface area (Å²) in [6.07, 6.45) is 4.24. The molecule has 2 N–H and O–H groups in total. The van der Waals surface area contributed by atoms with Gasteiger partial charge in [-0.25, -0.2) is 14.5 Å². The van der Waals surface area contributed by atoms with E-state index in [1.807, 2.05) is 0 Å². The van der Waals surface area contributed by atoms with Gasteiger partial charge in [0, 0.05) is 11.4 Å². The molecule has 7 nitrogen and oxygen atoms in total. The van der Waals surface area contributed by atoms with Crippen LogP contribution in [-0.4, -0.2) is 43.2 Å². The van der Waals surface area contributed by atoms with Gasteiger partial charge < -0.3 is 10.4 Å². The molecule has 0 saturated heterocycles. The maximum absolute atomic E-state index is 12.3. The van der Waals surface area contributed by atoms with E-state index in [4.69, 9.17) is 0 Å². The van der Waals surface area contributed by atoms with Crippen LogP contribution in [0.1, 0.15) is 55.2 Å². The molecule has 0 aliphatic heterocycles. The maximum atomic E-state index is 12.3. The van der Waals surface area contributed by atoms with Crippen molar-refractivity contribution in [3.63, 3.8) is 0 Å². The Morgan fingerprint density at radius 3 is 2.96 bits per heavy atom. The molecule has 144 valence electrons. The number of nitrogens with one attached hydrogen (secondary N) is 1. The fraction of sp³-hybridized carbons (Fsp3) is 0.579. The number of carbonyl (C=O) groups excluding carboxylic acids is 1. The zero-order chi connectivity index (χ0) is 19.3. The van der Waals surface area contributed by atoms with Crippen LogP contribution in [0.2, 0.25) is 0 Å². The van der Waals surface area contributed by atoms with E-state index in [-0.39, 0.29) is 18.3 Å². The predicted octanol–water partition coefficient (Wildman–Crippen LogP) is 2.60. The fourth-order valence-electron chi connectivity index (χ4n) is 3.73. The Hall–Kier alpha value is -2.06. The van der Waals surface area contributed by atoms with Crippen LogP contribution >= 0.6 is 11.3 Å². The monoisotopic (exact) mass is 387 g/mol. The maximum Gasteiger partial charge on any atom is 0.291 e. The van der Waals surface area contributed by atoms with Gasteiger partial charge >= 0.3 is 0 Å². The molecule has 0 aromatic carbocycles. The molecule has 1 aliphatic rings. The predicted molar refractivity (Wildman–Crippen MR) is 105 cm³/mol. The van der Waals surface area contributed by atoms with E-state index in [0.29, 0.717) is 17.0 Å². The Balaban J connectivity index is 1.74. The van der Waals surface area contributed by atoms with Gasteiger partial charge in [-0.1, -0.05) is 20.8 Å². The SMILES string of the molecule is C[C@H](O)CNC(=O)c1nc2c3c4c(sc3ncn2n1)C[C@H](C(C)(C)C)CC4. The Morgan fingerprint density at radius 1 is 1.48 bits per heavy atom. The van der Waals surface area contributed by atoms with E-state index in [9.17, 15) is 9.90 Å². The molecule has 2 atom stereocenters. The Morgan fingerprint density at radius 2 is 2.26 bits per heavy atom. The van der Waals surface area contributed by atoms with Crippen LogP contribution in [0.15, 0.2) is 6.33 Å². The molecule has 3 aromatic heterocycles. The second-order valence-corrected chi connectivity index (χ2v) is 9.58. The number of nitrogens with zero attached hydrogens (tertiary/aromatic N) is 4. The molecule has 0 bridgehead atoms. The number of hydrogen-bond donors (Lipinski definition) is 2. The van der Waals surface area contributed by atoms with Gasteiger partial charge in [-0.15, -0.1) is 16.4 Å². The molecule has 0 fully saturated rings. The molecule has 3 heterocycles. The highest BCUT2D eigenvalue weighted by molar-refractivity contribution is 7.19. The summed E-state index contributed by atoms with van der Waals surface area (Å²) in [5.74, 6) is 0.381. The van der Waals surface area contributed by atoms with Gasteiger partial charge in [-0.2, -0.15) is 0 Å². The third-order valence-electron chi connectivity index (χ3n) is 5.37. The topological polar surface area (TPSA) is 92.4 Å². The lowest BCUT2D eigenvalue weighted by Crippen LogP contribution is -2.31. The van der Waals surface area contributed by atoms with Crippen LogP contribution in [0.4, 0.5) is 0 Å². The molecule has 0 spiro atoms. The lowest BCUT2D eigenvalue weighted by molar-refractivity contribution is 0.0914. The largest absolute Gasteiger partial charge is 0.392 e. The molecule has 1 amide bonds. The first-order valence-corrected chi connectivity index (χ1v) is 10.2. The first kappa shape index (κ1) is 18.3. The van der Waals surface area contributed by atoms with Gasteiger partial charge in [0.1, 0.15) is 11.2 Å². The van der Waals surface area contributed by atoms with E-state index in [1.165, 1.54) is 10.4 Å². The highest BCUT2D eigenvalue weighted by Gasteiger charge is 2.32. The molecular weight excluding hydrogens is 362 g/mol. The van der Waals surface area contributed by atoms with Crippen molar-refractivity contribution >= 4 is 33.1 Å². The van der Waals surface area contributed by atoms with Crippen molar-refractivity contribution in [1.82, 2.24) is 24.9 Å². The highest BCUT2D eigenvalue weighted by Crippen LogP contribution is 2.43. The second-order valence-electron chi connectivity index (χ2n) is 8.50. The van der Waals surface area contributed by atoms with Crippen LogP contribution in [0.3, 0.4) is 0 Å². The molecule has 8 heteroatoms. The summed E-state index contributed by atoms with van der Waals surface area (Å²) in [5.41, 5.74) is 2.30. The van der Waals surface area contributed by atoms with Crippen molar-refractivity contribution in [2.24, 2.45) is 11.3 Å². The van der Waals surface area contributed by atoms with Crippen LogP contribution in [0.5, 0.6) is 0 Å². The summed E-state index contributed by atoms with van der Waals surface area (Å²) >= 11 is 1.74. The number of aliphatic hydroxyl groups is 1. The summed E-state index contributed by atoms with van der Waals surface area (Å²) < 4.78 is 1.59. The molecule has 4 rings (SSSR count). The van der Waals surface area contributed by atoms with Crippen LogP contribution in [-0.2, 0) is 12.8 Å². The summed E-state index contributed by atoms with van der Waals surface area (Å²) in [6, 6.07) is 0. The molecule has 0 radical (unpaired) electrons.